The van der Waals surface area contributed by atoms with E-state index in [2.05, 4.69) is 30.4 Å². The smallest absolute Gasteiger partial charge is 0.237 e. The van der Waals surface area contributed by atoms with Crippen molar-refractivity contribution in [3.8, 4) is 0 Å². The maximum absolute atomic E-state index is 12.2. The maximum atomic E-state index is 12.2. The molecule has 0 aromatic heterocycles. The molecule has 3 heteroatoms. The normalized spacial score (nSPS) is 30.3. The summed E-state index contributed by atoms with van der Waals surface area (Å²) in [7, 11) is 0. The zero-order chi connectivity index (χ0) is 13.3. The molecular formula is C16H19NOS. The van der Waals surface area contributed by atoms with Crippen molar-refractivity contribution in [2.24, 2.45) is 5.41 Å². The maximum Gasteiger partial charge on any atom is 0.237 e. The Hall–Kier alpha value is -1.22. The predicted molar refractivity (Wildman–Crippen MR) is 78.9 cm³/mol. The van der Waals surface area contributed by atoms with Crippen LogP contribution < -0.4 is 5.32 Å². The summed E-state index contributed by atoms with van der Waals surface area (Å²) in [5, 5.41) is 3.16. The highest BCUT2D eigenvalue weighted by Crippen LogP contribution is 2.45. The number of hydrogen-bond acceptors (Lipinski definition) is 2. The van der Waals surface area contributed by atoms with Gasteiger partial charge in [-0.15, -0.1) is 11.8 Å². The van der Waals surface area contributed by atoms with Gasteiger partial charge in [0.15, 0.2) is 0 Å². The number of thioether (sulfide) groups is 1. The van der Waals surface area contributed by atoms with Crippen LogP contribution in [0.25, 0.3) is 0 Å². The van der Waals surface area contributed by atoms with E-state index in [1.807, 2.05) is 18.2 Å². The molecule has 2 aliphatic rings. The van der Waals surface area contributed by atoms with Crippen LogP contribution in [0.2, 0.25) is 0 Å². The molecule has 2 atom stereocenters. The highest BCUT2D eigenvalue weighted by molar-refractivity contribution is 8.00. The number of benzene rings is 1. The van der Waals surface area contributed by atoms with Crippen LogP contribution in [0.5, 0.6) is 0 Å². The van der Waals surface area contributed by atoms with Crippen molar-refractivity contribution in [1.82, 2.24) is 5.32 Å². The third-order valence-corrected chi connectivity index (χ3v) is 5.35. The molecular weight excluding hydrogens is 254 g/mol. The highest BCUT2D eigenvalue weighted by atomic mass is 32.2. The summed E-state index contributed by atoms with van der Waals surface area (Å²) in [5.41, 5.74) is 1.33. The summed E-state index contributed by atoms with van der Waals surface area (Å²) < 4.78 is 0. The van der Waals surface area contributed by atoms with E-state index in [4.69, 9.17) is 0 Å². The topological polar surface area (TPSA) is 29.1 Å². The lowest BCUT2D eigenvalue weighted by Gasteiger charge is -2.42. The first-order chi connectivity index (χ1) is 9.17. The molecule has 2 nitrogen and oxygen atoms in total. The van der Waals surface area contributed by atoms with E-state index in [1.54, 1.807) is 11.8 Å². The van der Waals surface area contributed by atoms with Crippen LogP contribution in [0.15, 0.2) is 47.0 Å². The van der Waals surface area contributed by atoms with Crippen LogP contribution in [0.1, 0.15) is 32.6 Å². The van der Waals surface area contributed by atoms with Crippen molar-refractivity contribution in [2.75, 3.05) is 0 Å². The molecule has 1 aromatic rings. The summed E-state index contributed by atoms with van der Waals surface area (Å²) in [6.07, 6.45) is 6.68. The van der Waals surface area contributed by atoms with Gasteiger partial charge in [-0.2, -0.15) is 0 Å². The van der Waals surface area contributed by atoms with Gasteiger partial charge < -0.3 is 5.32 Å². The lowest BCUT2D eigenvalue weighted by molar-refractivity contribution is -0.122. The van der Waals surface area contributed by atoms with Crippen molar-refractivity contribution < 1.29 is 4.79 Å². The fourth-order valence-corrected chi connectivity index (χ4v) is 4.27. The lowest BCUT2D eigenvalue weighted by atomic mass is 9.72. The van der Waals surface area contributed by atoms with Crippen molar-refractivity contribution in [3.05, 3.63) is 42.1 Å². The number of fused-ring (bicyclic) bond motifs is 1. The molecule has 1 amide bonds. The summed E-state index contributed by atoms with van der Waals surface area (Å²) in [5.74, 6) is 0.166. The molecule has 0 radical (unpaired) electrons. The lowest BCUT2D eigenvalue weighted by Crippen LogP contribution is -2.47. The van der Waals surface area contributed by atoms with Gasteiger partial charge in [-0.1, -0.05) is 31.2 Å². The Morgan fingerprint density at radius 2 is 2.11 bits per heavy atom. The first kappa shape index (κ1) is 12.8. The number of carbonyl (C=O) groups excluding carboxylic acids is 1. The SMILES string of the molecule is C[C@@]12CCCC=C1NC(=O)[C@H](Sc1ccccc1)C2. The summed E-state index contributed by atoms with van der Waals surface area (Å²) >= 11 is 1.69. The molecule has 0 unspecified atom stereocenters. The van der Waals surface area contributed by atoms with Gasteiger partial charge >= 0.3 is 0 Å². The molecule has 100 valence electrons. The minimum Gasteiger partial charge on any atom is -0.329 e. The van der Waals surface area contributed by atoms with Gasteiger partial charge in [0.25, 0.3) is 0 Å². The van der Waals surface area contributed by atoms with Crippen molar-refractivity contribution in [1.29, 1.82) is 0 Å². The number of rotatable bonds is 2. The van der Waals surface area contributed by atoms with Crippen LogP contribution in [0.3, 0.4) is 0 Å². The molecule has 0 bridgehead atoms. The molecule has 1 heterocycles. The minimum absolute atomic E-state index is 0.0302. The van der Waals surface area contributed by atoms with E-state index >= 15 is 0 Å². The number of amides is 1. The molecule has 1 N–H and O–H groups in total. The Morgan fingerprint density at radius 3 is 2.89 bits per heavy atom. The van der Waals surface area contributed by atoms with Crippen LogP contribution in [0.4, 0.5) is 0 Å². The average Bonchev–Trinajstić information content (AvgIpc) is 2.41. The average molecular weight is 273 g/mol. The van der Waals surface area contributed by atoms with Gasteiger partial charge in [0.05, 0.1) is 5.25 Å². The third-order valence-electron chi connectivity index (χ3n) is 4.14. The predicted octanol–water partition coefficient (Wildman–Crippen LogP) is 3.74. The van der Waals surface area contributed by atoms with E-state index in [1.165, 1.54) is 17.7 Å². The van der Waals surface area contributed by atoms with Crippen LogP contribution in [-0.2, 0) is 4.79 Å². The fraction of sp³-hybridized carbons (Fsp3) is 0.438. The summed E-state index contributed by atoms with van der Waals surface area (Å²) in [6.45, 7) is 2.29. The van der Waals surface area contributed by atoms with Gasteiger partial charge in [0, 0.05) is 16.0 Å². The van der Waals surface area contributed by atoms with E-state index in [0.29, 0.717) is 0 Å². The fourth-order valence-electron chi connectivity index (χ4n) is 3.01. The van der Waals surface area contributed by atoms with Crippen LogP contribution >= 0.6 is 11.8 Å². The Labute approximate surface area is 118 Å². The van der Waals surface area contributed by atoms with Gasteiger partial charge in [-0.25, -0.2) is 0 Å². The van der Waals surface area contributed by atoms with Crippen molar-refractivity contribution >= 4 is 17.7 Å². The molecule has 1 aliphatic carbocycles. The Kier molecular flexibility index (Phi) is 3.40. The third kappa shape index (κ3) is 2.57. The molecule has 19 heavy (non-hydrogen) atoms. The van der Waals surface area contributed by atoms with E-state index < -0.39 is 0 Å². The zero-order valence-corrected chi connectivity index (χ0v) is 12.0. The van der Waals surface area contributed by atoms with Crippen molar-refractivity contribution in [3.63, 3.8) is 0 Å². The van der Waals surface area contributed by atoms with E-state index in [-0.39, 0.29) is 16.6 Å². The van der Waals surface area contributed by atoms with Gasteiger partial charge in [0.2, 0.25) is 5.91 Å². The number of carbonyl (C=O) groups is 1. The largest absolute Gasteiger partial charge is 0.329 e. The number of hydrogen-bond donors (Lipinski definition) is 1. The standard InChI is InChI=1S/C16H19NOS/c1-16-10-6-5-9-14(16)17-15(18)13(11-16)19-12-7-3-2-4-8-12/h2-4,7-9,13H,5-6,10-11H2,1H3,(H,17,18)/t13-,16+/m1/s1. The molecule has 3 rings (SSSR count). The number of nitrogens with one attached hydrogen (secondary N) is 1. The quantitative estimate of drug-likeness (QED) is 0.889. The first-order valence-electron chi connectivity index (χ1n) is 6.91. The number of piperidine rings is 1. The second-order valence-corrected chi connectivity index (χ2v) is 6.96. The van der Waals surface area contributed by atoms with Crippen LogP contribution in [-0.4, -0.2) is 11.2 Å². The Morgan fingerprint density at radius 1 is 1.32 bits per heavy atom. The second kappa shape index (κ2) is 5.04. The monoisotopic (exact) mass is 273 g/mol. The summed E-state index contributed by atoms with van der Waals surface area (Å²) in [4.78, 5) is 13.4. The first-order valence-corrected chi connectivity index (χ1v) is 7.79. The van der Waals surface area contributed by atoms with E-state index in [0.717, 1.165) is 18.5 Å². The molecule has 0 spiro atoms. The number of allylic oxidation sites excluding steroid dienone is 2. The Bertz CT molecular complexity index is 511. The molecule has 0 saturated carbocycles. The molecule has 1 aromatic carbocycles. The highest BCUT2D eigenvalue weighted by Gasteiger charge is 2.41. The molecule has 1 aliphatic heterocycles. The zero-order valence-electron chi connectivity index (χ0n) is 11.2. The van der Waals surface area contributed by atoms with Crippen LogP contribution in [0, 0.1) is 5.41 Å². The minimum atomic E-state index is 0.0302. The molecule has 1 saturated heterocycles. The molecule has 1 fully saturated rings. The Balaban J connectivity index is 1.78. The van der Waals surface area contributed by atoms with Crippen molar-refractivity contribution in [2.45, 2.75) is 42.8 Å². The second-order valence-electron chi connectivity index (χ2n) is 5.68. The van der Waals surface area contributed by atoms with E-state index in [9.17, 15) is 4.79 Å². The van der Waals surface area contributed by atoms with Gasteiger partial charge in [-0.05, 0) is 37.8 Å². The summed E-state index contributed by atoms with van der Waals surface area (Å²) in [6, 6.07) is 10.2. The van der Waals surface area contributed by atoms with Gasteiger partial charge in [0.1, 0.15) is 0 Å². The van der Waals surface area contributed by atoms with Gasteiger partial charge in [-0.3, -0.25) is 4.79 Å².